The number of hydrogen-bond acceptors (Lipinski definition) is 7. The van der Waals surface area contributed by atoms with Crippen LogP contribution >= 0.6 is 0 Å². The summed E-state index contributed by atoms with van der Waals surface area (Å²) in [6.45, 7) is -0.462. The molecular weight excluding hydrogens is 394 g/mol. The highest BCUT2D eigenvalue weighted by Crippen LogP contribution is 2.19. The molecule has 0 aliphatic carbocycles. The standard InChI is InChI=1S/C19H15N5O6/c25-17(11-20-18(26)13-7-4-8-14(9-13)24(28)29)21-22-19(27)15-10-16(30-23-15)12-5-2-1-3-6-12/h1-10H,11H2,(H,20,26)(H,21,25)(H,22,27). The number of non-ortho nitro benzene ring substituents is 1. The van der Waals surface area contributed by atoms with Crippen molar-refractivity contribution in [2.75, 3.05) is 6.54 Å². The largest absolute Gasteiger partial charge is 0.355 e. The molecule has 3 aromatic rings. The molecule has 0 saturated carbocycles. The average Bonchev–Trinajstić information content (AvgIpc) is 3.27. The molecule has 0 radical (unpaired) electrons. The van der Waals surface area contributed by atoms with Crippen molar-refractivity contribution >= 4 is 23.4 Å². The number of carbonyl (C=O) groups excluding carboxylic acids is 3. The first-order chi connectivity index (χ1) is 14.4. The average molecular weight is 409 g/mol. The highest BCUT2D eigenvalue weighted by atomic mass is 16.6. The Kier molecular flexibility index (Phi) is 6.13. The predicted molar refractivity (Wildman–Crippen MR) is 103 cm³/mol. The molecule has 0 unspecified atom stereocenters. The maximum atomic E-state index is 12.1. The lowest BCUT2D eigenvalue weighted by atomic mass is 10.1. The van der Waals surface area contributed by atoms with Crippen molar-refractivity contribution < 1.29 is 23.8 Å². The van der Waals surface area contributed by atoms with Crippen molar-refractivity contribution in [2.24, 2.45) is 0 Å². The fourth-order valence-electron chi connectivity index (χ4n) is 2.38. The first kappa shape index (κ1) is 20.2. The van der Waals surface area contributed by atoms with Crippen LogP contribution in [0.2, 0.25) is 0 Å². The monoisotopic (exact) mass is 409 g/mol. The number of benzene rings is 2. The van der Waals surface area contributed by atoms with Gasteiger partial charge in [-0.3, -0.25) is 35.3 Å². The molecule has 0 spiro atoms. The minimum absolute atomic E-state index is 0.0251. The summed E-state index contributed by atoms with van der Waals surface area (Å²) in [6, 6.07) is 15.5. The molecule has 1 heterocycles. The molecule has 30 heavy (non-hydrogen) atoms. The molecule has 11 heteroatoms. The van der Waals surface area contributed by atoms with Crippen LogP contribution in [0.15, 0.2) is 65.2 Å². The van der Waals surface area contributed by atoms with Gasteiger partial charge in [0.05, 0.1) is 11.5 Å². The molecule has 0 bridgehead atoms. The van der Waals surface area contributed by atoms with Crippen LogP contribution < -0.4 is 16.2 Å². The molecule has 1 aromatic heterocycles. The van der Waals surface area contributed by atoms with Crippen LogP contribution in [0.25, 0.3) is 11.3 Å². The fourth-order valence-corrected chi connectivity index (χ4v) is 2.38. The maximum Gasteiger partial charge on any atom is 0.291 e. The van der Waals surface area contributed by atoms with Crippen molar-refractivity contribution in [3.05, 3.63) is 82.0 Å². The third kappa shape index (κ3) is 5.04. The number of nitrogens with one attached hydrogen (secondary N) is 3. The van der Waals surface area contributed by atoms with Gasteiger partial charge in [-0.15, -0.1) is 0 Å². The molecule has 0 fully saturated rings. The molecule has 0 saturated heterocycles. The number of carbonyl (C=O) groups is 3. The van der Waals surface area contributed by atoms with Crippen molar-refractivity contribution in [3.8, 4) is 11.3 Å². The Bertz CT molecular complexity index is 1100. The fraction of sp³-hybridized carbons (Fsp3) is 0.0526. The van der Waals surface area contributed by atoms with E-state index >= 15 is 0 Å². The predicted octanol–water partition coefficient (Wildman–Crippen LogP) is 1.44. The molecule has 3 N–H and O–H groups in total. The number of aromatic nitrogens is 1. The van der Waals surface area contributed by atoms with Crippen LogP contribution in [-0.4, -0.2) is 34.3 Å². The molecule has 0 atom stereocenters. The van der Waals surface area contributed by atoms with Gasteiger partial charge in [-0.1, -0.05) is 41.6 Å². The number of hydrazine groups is 1. The third-order valence-corrected chi connectivity index (χ3v) is 3.85. The van der Waals surface area contributed by atoms with E-state index in [1.165, 1.54) is 24.3 Å². The topological polar surface area (TPSA) is 156 Å². The number of nitro benzene ring substituents is 1. The van der Waals surface area contributed by atoms with E-state index in [0.29, 0.717) is 5.76 Å². The third-order valence-electron chi connectivity index (χ3n) is 3.85. The van der Waals surface area contributed by atoms with E-state index in [9.17, 15) is 24.5 Å². The Morgan fingerprint density at radius 2 is 1.73 bits per heavy atom. The molecule has 2 aromatic carbocycles. The maximum absolute atomic E-state index is 12.1. The smallest absolute Gasteiger partial charge is 0.291 e. The van der Waals surface area contributed by atoms with Crippen molar-refractivity contribution in [2.45, 2.75) is 0 Å². The number of nitrogens with zero attached hydrogens (tertiary/aromatic N) is 2. The summed E-state index contributed by atoms with van der Waals surface area (Å²) in [7, 11) is 0. The van der Waals surface area contributed by atoms with Crippen molar-refractivity contribution in [1.82, 2.24) is 21.3 Å². The van der Waals surface area contributed by atoms with Gasteiger partial charge >= 0.3 is 0 Å². The first-order valence-corrected chi connectivity index (χ1v) is 8.58. The summed E-state index contributed by atoms with van der Waals surface area (Å²) >= 11 is 0. The van der Waals surface area contributed by atoms with Gasteiger partial charge in [-0.25, -0.2) is 0 Å². The van der Waals surface area contributed by atoms with Gasteiger partial charge in [0, 0.05) is 29.3 Å². The second kappa shape index (κ2) is 9.10. The number of amides is 3. The van der Waals surface area contributed by atoms with Crippen molar-refractivity contribution in [3.63, 3.8) is 0 Å². The number of rotatable bonds is 6. The van der Waals surface area contributed by atoms with Gasteiger partial charge < -0.3 is 9.84 Å². The zero-order valence-electron chi connectivity index (χ0n) is 15.3. The van der Waals surface area contributed by atoms with Gasteiger partial charge in [0.2, 0.25) is 0 Å². The van der Waals surface area contributed by atoms with Gasteiger partial charge in [-0.2, -0.15) is 0 Å². The van der Waals surface area contributed by atoms with E-state index in [4.69, 9.17) is 4.52 Å². The molecular formula is C19H15N5O6. The number of hydrogen-bond donors (Lipinski definition) is 3. The van der Waals surface area contributed by atoms with E-state index in [1.807, 2.05) is 6.07 Å². The zero-order valence-corrected chi connectivity index (χ0v) is 15.3. The van der Waals surface area contributed by atoms with Gasteiger partial charge in [0.15, 0.2) is 11.5 Å². The molecule has 3 amide bonds. The van der Waals surface area contributed by atoms with E-state index < -0.39 is 29.2 Å². The van der Waals surface area contributed by atoms with Crippen molar-refractivity contribution in [1.29, 1.82) is 0 Å². The minimum Gasteiger partial charge on any atom is -0.355 e. The molecule has 152 valence electrons. The van der Waals surface area contributed by atoms with Gasteiger partial charge in [-0.05, 0) is 6.07 Å². The lowest BCUT2D eigenvalue weighted by Gasteiger charge is -2.07. The highest BCUT2D eigenvalue weighted by molar-refractivity contribution is 5.98. The van der Waals surface area contributed by atoms with Gasteiger partial charge in [0.25, 0.3) is 23.4 Å². The van der Waals surface area contributed by atoms with Crippen LogP contribution in [-0.2, 0) is 4.79 Å². The van der Waals surface area contributed by atoms with E-state index in [2.05, 4.69) is 21.3 Å². The Labute approximate surface area is 169 Å². The summed E-state index contributed by atoms with van der Waals surface area (Å²) in [5.41, 5.74) is 4.74. The normalized spacial score (nSPS) is 10.1. The second-order valence-corrected chi connectivity index (χ2v) is 5.93. The Balaban J connectivity index is 1.48. The SMILES string of the molecule is O=C(CNC(=O)c1cccc([N+](=O)[O-])c1)NNC(=O)c1cc(-c2ccccc2)on1. The van der Waals surface area contributed by atoms with Crippen LogP contribution in [0.4, 0.5) is 5.69 Å². The molecule has 0 aliphatic heterocycles. The highest BCUT2D eigenvalue weighted by Gasteiger charge is 2.15. The van der Waals surface area contributed by atoms with Crippen LogP contribution in [0.5, 0.6) is 0 Å². The minimum atomic E-state index is -0.714. The van der Waals surface area contributed by atoms with Crippen LogP contribution in [0.1, 0.15) is 20.8 Å². The Hall–Kier alpha value is -4.54. The molecule has 11 nitrogen and oxygen atoms in total. The number of nitro groups is 1. The molecule has 3 rings (SSSR count). The Morgan fingerprint density at radius 1 is 0.967 bits per heavy atom. The first-order valence-electron chi connectivity index (χ1n) is 8.58. The van der Waals surface area contributed by atoms with Crippen LogP contribution in [0, 0.1) is 10.1 Å². The lowest BCUT2D eigenvalue weighted by molar-refractivity contribution is -0.384. The Morgan fingerprint density at radius 3 is 2.47 bits per heavy atom. The summed E-state index contributed by atoms with van der Waals surface area (Å²) in [5.74, 6) is -1.71. The summed E-state index contributed by atoms with van der Waals surface area (Å²) in [5, 5.41) is 16.7. The van der Waals surface area contributed by atoms with E-state index in [0.717, 1.165) is 11.6 Å². The van der Waals surface area contributed by atoms with E-state index in [-0.39, 0.29) is 16.9 Å². The summed E-state index contributed by atoms with van der Waals surface area (Å²) in [4.78, 5) is 46.0. The summed E-state index contributed by atoms with van der Waals surface area (Å²) in [6.07, 6.45) is 0. The lowest BCUT2D eigenvalue weighted by Crippen LogP contribution is -2.46. The second-order valence-electron chi connectivity index (χ2n) is 5.93. The summed E-state index contributed by atoms with van der Waals surface area (Å²) < 4.78 is 5.10. The molecule has 0 aliphatic rings. The van der Waals surface area contributed by atoms with Gasteiger partial charge in [0.1, 0.15) is 0 Å². The van der Waals surface area contributed by atoms with E-state index in [1.54, 1.807) is 24.3 Å². The quantitative estimate of drug-likeness (QED) is 0.411. The zero-order chi connectivity index (χ0) is 21.5. The van der Waals surface area contributed by atoms with Crippen LogP contribution in [0.3, 0.4) is 0 Å².